The highest BCUT2D eigenvalue weighted by Crippen LogP contribution is 2.34. The minimum absolute atomic E-state index is 0.00284. The normalized spacial score (nSPS) is 15.3. The third-order valence-electron chi connectivity index (χ3n) is 7.11. The van der Waals surface area contributed by atoms with Gasteiger partial charge in [-0.1, -0.05) is 25.8 Å². The molecule has 3 rings (SSSR count). The van der Waals surface area contributed by atoms with Crippen LogP contribution in [0.25, 0.3) is 0 Å². The summed E-state index contributed by atoms with van der Waals surface area (Å²) in [5.74, 6) is 1.57. The number of nitrogens with one attached hydrogen (secondary N) is 1. The van der Waals surface area contributed by atoms with Crippen LogP contribution >= 0.6 is 0 Å². The molecule has 2 aromatic carbocycles. The van der Waals surface area contributed by atoms with Crippen molar-refractivity contribution >= 4 is 0 Å². The first-order chi connectivity index (χ1) is 17.0. The molecule has 3 N–H and O–H groups in total. The number of unbranched alkanes of at least 4 members (excludes halogenated alkanes) is 3. The molecule has 2 aromatic rings. The van der Waals surface area contributed by atoms with Gasteiger partial charge in [-0.25, -0.2) is 0 Å². The largest absolute Gasteiger partial charge is 0.504 e. The van der Waals surface area contributed by atoms with Crippen molar-refractivity contribution in [2.24, 2.45) is 0 Å². The van der Waals surface area contributed by atoms with E-state index in [2.05, 4.69) is 29.3 Å². The molecule has 1 atom stereocenters. The van der Waals surface area contributed by atoms with Crippen molar-refractivity contribution in [1.29, 1.82) is 0 Å². The van der Waals surface area contributed by atoms with E-state index >= 15 is 0 Å². The minimum Gasteiger partial charge on any atom is -0.504 e. The molecule has 0 radical (unpaired) electrons. The fourth-order valence-corrected chi connectivity index (χ4v) is 5.15. The quantitative estimate of drug-likeness (QED) is 0.242. The average molecular weight is 485 g/mol. The third-order valence-corrected chi connectivity index (χ3v) is 7.11. The Hall–Kier alpha value is -2.44. The summed E-state index contributed by atoms with van der Waals surface area (Å²) in [7, 11) is 3.34. The Bertz CT molecular complexity index is 918. The summed E-state index contributed by atoms with van der Waals surface area (Å²) in [5, 5.41) is 23.3. The second-order valence-corrected chi connectivity index (χ2v) is 9.65. The van der Waals surface area contributed by atoms with Crippen molar-refractivity contribution in [2.45, 2.75) is 70.8 Å². The van der Waals surface area contributed by atoms with Crippen molar-refractivity contribution in [2.75, 3.05) is 40.4 Å². The van der Waals surface area contributed by atoms with Gasteiger partial charge in [0.15, 0.2) is 23.0 Å². The van der Waals surface area contributed by atoms with Gasteiger partial charge in [-0.3, -0.25) is 0 Å². The van der Waals surface area contributed by atoms with Crippen LogP contribution in [0.5, 0.6) is 23.0 Å². The lowest BCUT2D eigenvalue weighted by atomic mass is 9.87. The first kappa shape index (κ1) is 27.2. The van der Waals surface area contributed by atoms with E-state index in [1.165, 1.54) is 42.4 Å². The van der Waals surface area contributed by atoms with Gasteiger partial charge < -0.3 is 29.9 Å². The zero-order valence-corrected chi connectivity index (χ0v) is 21.8. The second-order valence-electron chi connectivity index (χ2n) is 9.65. The lowest BCUT2D eigenvalue weighted by Crippen LogP contribution is -2.40. The summed E-state index contributed by atoms with van der Waals surface area (Å²) in [4.78, 5) is 2.65. The maximum absolute atomic E-state index is 9.90. The SMILES string of the molecule is CCCN(CCCCCCNCCc1ccc(OC)c(OC)c1)C1CCc2cc(O)c(O)cc2C1. The monoisotopic (exact) mass is 484 g/mol. The van der Waals surface area contributed by atoms with Gasteiger partial charge in [0.25, 0.3) is 0 Å². The van der Waals surface area contributed by atoms with Gasteiger partial charge in [0.2, 0.25) is 0 Å². The number of rotatable bonds is 15. The molecule has 0 aliphatic heterocycles. The lowest BCUT2D eigenvalue weighted by Gasteiger charge is -2.35. The standard InChI is InChI=1S/C29H44N2O4/c1-4-16-31(25-11-10-23-20-26(32)27(33)21-24(23)19-25)17-8-6-5-7-14-30-15-13-22-9-12-28(34-2)29(18-22)35-3/h9,12,18,20-21,25,30,32-33H,4-8,10-11,13-17,19H2,1-3H3. The molecule has 0 saturated heterocycles. The molecular formula is C29H44N2O4. The van der Waals surface area contributed by atoms with Crippen LogP contribution in [0.2, 0.25) is 0 Å². The number of methoxy groups -OCH3 is 2. The van der Waals surface area contributed by atoms with E-state index in [1.54, 1.807) is 26.4 Å². The molecule has 194 valence electrons. The number of phenols is 2. The summed E-state index contributed by atoms with van der Waals surface area (Å²) in [6, 6.07) is 10.2. The molecule has 0 bridgehead atoms. The topological polar surface area (TPSA) is 74.2 Å². The van der Waals surface area contributed by atoms with Crippen molar-refractivity contribution in [3.8, 4) is 23.0 Å². The Morgan fingerprint density at radius 1 is 0.886 bits per heavy atom. The van der Waals surface area contributed by atoms with Gasteiger partial charge in [-0.2, -0.15) is 0 Å². The van der Waals surface area contributed by atoms with Crippen LogP contribution < -0.4 is 14.8 Å². The number of aryl methyl sites for hydroxylation is 1. The highest BCUT2D eigenvalue weighted by Gasteiger charge is 2.24. The molecule has 0 heterocycles. The number of benzene rings is 2. The number of phenolic OH excluding ortho intramolecular Hbond substituents is 2. The fourth-order valence-electron chi connectivity index (χ4n) is 5.15. The van der Waals surface area contributed by atoms with E-state index in [4.69, 9.17) is 9.47 Å². The van der Waals surface area contributed by atoms with E-state index in [1.807, 2.05) is 6.07 Å². The predicted molar refractivity (Wildman–Crippen MR) is 142 cm³/mol. The van der Waals surface area contributed by atoms with Crippen molar-refractivity contribution in [3.63, 3.8) is 0 Å². The number of hydrogen-bond donors (Lipinski definition) is 3. The summed E-state index contributed by atoms with van der Waals surface area (Å²) in [6.45, 7) is 6.55. The Morgan fingerprint density at radius 3 is 2.37 bits per heavy atom. The minimum atomic E-state index is 0.00284. The molecule has 35 heavy (non-hydrogen) atoms. The van der Waals surface area contributed by atoms with Crippen LogP contribution in [0.15, 0.2) is 30.3 Å². The van der Waals surface area contributed by atoms with Crippen molar-refractivity contribution in [1.82, 2.24) is 10.2 Å². The van der Waals surface area contributed by atoms with Crippen molar-refractivity contribution in [3.05, 3.63) is 47.0 Å². The molecule has 1 unspecified atom stereocenters. The number of hydrogen-bond acceptors (Lipinski definition) is 6. The van der Waals surface area contributed by atoms with Crippen LogP contribution in [0.1, 0.15) is 62.1 Å². The van der Waals surface area contributed by atoms with Gasteiger partial charge in [0, 0.05) is 6.04 Å². The number of fused-ring (bicyclic) bond motifs is 1. The van der Waals surface area contributed by atoms with E-state index in [0.29, 0.717) is 6.04 Å². The van der Waals surface area contributed by atoms with Gasteiger partial charge >= 0.3 is 0 Å². The van der Waals surface area contributed by atoms with Gasteiger partial charge in [0.1, 0.15) is 0 Å². The number of aromatic hydroxyl groups is 2. The zero-order valence-electron chi connectivity index (χ0n) is 21.8. The molecule has 0 aromatic heterocycles. The number of nitrogens with zero attached hydrogens (tertiary/aromatic N) is 1. The Labute approximate surface area is 211 Å². The summed E-state index contributed by atoms with van der Waals surface area (Å²) < 4.78 is 10.7. The van der Waals surface area contributed by atoms with Crippen molar-refractivity contribution < 1.29 is 19.7 Å². The van der Waals surface area contributed by atoms with E-state index in [9.17, 15) is 10.2 Å². The Morgan fingerprint density at radius 2 is 1.63 bits per heavy atom. The average Bonchev–Trinajstić information content (AvgIpc) is 2.87. The first-order valence-corrected chi connectivity index (χ1v) is 13.2. The summed E-state index contributed by atoms with van der Waals surface area (Å²) >= 11 is 0. The van der Waals surface area contributed by atoms with Gasteiger partial charge in [-0.15, -0.1) is 0 Å². The molecule has 0 spiro atoms. The molecule has 0 fully saturated rings. The van der Waals surface area contributed by atoms with Crippen LogP contribution in [0.3, 0.4) is 0 Å². The number of ether oxygens (including phenoxy) is 2. The van der Waals surface area contributed by atoms with Gasteiger partial charge in [-0.05, 0) is 112 Å². The first-order valence-electron chi connectivity index (χ1n) is 13.2. The fraction of sp³-hybridized carbons (Fsp3) is 0.586. The summed E-state index contributed by atoms with van der Waals surface area (Å²) in [5.41, 5.74) is 3.63. The zero-order chi connectivity index (χ0) is 25.0. The van der Waals surface area contributed by atoms with Crippen LogP contribution in [0.4, 0.5) is 0 Å². The highest BCUT2D eigenvalue weighted by atomic mass is 16.5. The predicted octanol–water partition coefficient (Wildman–Crippen LogP) is 5.08. The van der Waals surface area contributed by atoms with Gasteiger partial charge in [0.05, 0.1) is 14.2 Å². The van der Waals surface area contributed by atoms with Crippen LogP contribution in [-0.4, -0.2) is 61.6 Å². The Balaban J connectivity index is 1.30. The molecular weight excluding hydrogens is 440 g/mol. The smallest absolute Gasteiger partial charge is 0.160 e. The van der Waals surface area contributed by atoms with E-state index in [-0.39, 0.29) is 11.5 Å². The third kappa shape index (κ3) is 8.04. The molecule has 1 aliphatic carbocycles. The highest BCUT2D eigenvalue weighted by molar-refractivity contribution is 5.47. The van der Waals surface area contributed by atoms with E-state index in [0.717, 1.165) is 69.8 Å². The van der Waals surface area contributed by atoms with E-state index < -0.39 is 0 Å². The molecule has 1 aliphatic rings. The molecule has 6 nitrogen and oxygen atoms in total. The maximum atomic E-state index is 9.90. The van der Waals surface area contributed by atoms with Crippen LogP contribution in [-0.2, 0) is 19.3 Å². The second kappa shape index (κ2) is 14.2. The molecule has 6 heteroatoms. The Kier molecular flexibility index (Phi) is 11.0. The van der Waals surface area contributed by atoms with Crippen LogP contribution in [0, 0.1) is 0 Å². The molecule has 0 saturated carbocycles. The maximum Gasteiger partial charge on any atom is 0.160 e. The molecule has 0 amide bonds. The lowest BCUT2D eigenvalue weighted by molar-refractivity contribution is 0.176. The summed E-state index contributed by atoms with van der Waals surface area (Å²) in [6.07, 6.45) is 10.2.